The number of pyridine rings is 1. The van der Waals surface area contributed by atoms with Gasteiger partial charge in [0.1, 0.15) is 11.4 Å². The molecule has 0 atom stereocenters. The molecule has 1 aliphatic rings. The third-order valence-corrected chi connectivity index (χ3v) is 1.66. The zero-order valence-corrected chi connectivity index (χ0v) is 6.43. The summed E-state index contributed by atoms with van der Waals surface area (Å²) in [5, 5.41) is 9.35. The molecular formula is C8H9NO3. The molecule has 4 heteroatoms. The van der Waals surface area contributed by atoms with Crippen LogP contribution in [0.4, 0.5) is 0 Å². The molecule has 2 rings (SSSR count). The topological polar surface area (TPSA) is 51.6 Å². The highest BCUT2D eigenvalue weighted by molar-refractivity contribution is 5.26. The van der Waals surface area contributed by atoms with Crippen LogP contribution in [0, 0.1) is 0 Å². The molecule has 0 saturated carbocycles. The Kier molecular flexibility index (Phi) is 1.93. The van der Waals surface area contributed by atoms with E-state index in [2.05, 4.69) is 4.98 Å². The van der Waals surface area contributed by atoms with Crippen LogP contribution in [-0.4, -0.2) is 23.3 Å². The van der Waals surface area contributed by atoms with Crippen molar-refractivity contribution in [2.45, 2.75) is 6.29 Å². The SMILES string of the molecule is Oc1cccnc1C1OCCO1. The Hall–Kier alpha value is -1.13. The Balaban J connectivity index is 2.26. The second-order valence-corrected chi connectivity index (χ2v) is 2.48. The predicted octanol–water partition coefficient (Wildman–Crippen LogP) is 0.833. The monoisotopic (exact) mass is 167 g/mol. The highest BCUT2D eigenvalue weighted by atomic mass is 16.7. The summed E-state index contributed by atoms with van der Waals surface area (Å²) in [4.78, 5) is 3.96. The van der Waals surface area contributed by atoms with Gasteiger partial charge in [-0.05, 0) is 12.1 Å². The first-order chi connectivity index (χ1) is 5.88. The van der Waals surface area contributed by atoms with E-state index in [9.17, 15) is 5.11 Å². The highest BCUT2D eigenvalue weighted by Crippen LogP contribution is 2.27. The van der Waals surface area contributed by atoms with Gasteiger partial charge in [0, 0.05) is 6.20 Å². The van der Waals surface area contributed by atoms with Gasteiger partial charge in [-0.15, -0.1) is 0 Å². The number of hydrogen-bond acceptors (Lipinski definition) is 4. The van der Waals surface area contributed by atoms with E-state index in [0.717, 1.165) is 0 Å². The van der Waals surface area contributed by atoms with Gasteiger partial charge in [0.05, 0.1) is 13.2 Å². The maximum absolute atomic E-state index is 9.35. The van der Waals surface area contributed by atoms with E-state index < -0.39 is 6.29 Å². The number of nitrogens with zero attached hydrogens (tertiary/aromatic N) is 1. The molecule has 0 aromatic carbocycles. The summed E-state index contributed by atoms with van der Waals surface area (Å²) in [5.41, 5.74) is 0.454. The minimum absolute atomic E-state index is 0.115. The lowest BCUT2D eigenvalue weighted by molar-refractivity contribution is -0.0487. The van der Waals surface area contributed by atoms with Gasteiger partial charge in [-0.3, -0.25) is 4.98 Å². The zero-order chi connectivity index (χ0) is 8.39. The fourth-order valence-electron chi connectivity index (χ4n) is 1.11. The van der Waals surface area contributed by atoms with Crippen molar-refractivity contribution in [3.05, 3.63) is 24.0 Å². The van der Waals surface area contributed by atoms with Gasteiger partial charge in [0.15, 0.2) is 0 Å². The molecule has 1 aromatic heterocycles. The molecule has 0 unspecified atom stereocenters. The molecule has 1 aliphatic heterocycles. The second-order valence-electron chi connectivity index (χ2n) is 2.48. The summed E-state index contributed by atoms with van der Waals surface area (Å²) in [5.74, 6) is 0.115. The molecule has 1 saturated heterocycles. The standard InChI is InChI=1S/C8H9NO3/c10-6-2-1-3-9-7(6)8-11-4-5-12-8/h1-3,8,10H,4-5H2. The molecule has 2 heterocycles. The van der Waals surface area contributed by atoms with Gasteiger partial charge >= 0.3 is 0 Å². The number of aromatic hydroxyl groups is 1. The fourth-order valence-corrected chi connectivity index (χ4v) is 1.11. The zero-order valence-electron chi connectivity index (χ0n) is 6.43. The average Bonchev–Trinajstić information content (AvgIpc) is 2.57. The molecule has 0 radical (unpaired) electrons. The quantitative estimate of drug-likeness (QED) is 0.673. The normalized spacial score (nSPS) is 18.3. The predicted molar refractivity (Wildman–Crippen MR) is 40.5 cm³/mol. The number of rotatable bonds is 1. The Morgan fingerprint density at radius 3 is 2.83 bits per heavy atom. The van der Waals surface area contributed by atoms with Gasteiger partial charge < -0.3 is 14.6 Å². The second kappa shape index (κ2) is 3.08. The molecule has 1 N–H and O–H groups in total. The highest BCUT2D eigenvalue weighted by Gasteiger charge is 2.22. The molecule has 0 bridgehead atoms. The fraction of sp³-hybridized carbons (Fsp3) is 0.375. The van der Waals surface area contributed by atoms with E-state index in [0.29, 0.717) is 18.9 Å². The Morgan fingerprint density at radius 2 is 2.17 bits per heavy atom. The van der Waals surface area contributed by atoms with Crippen LogP contribution in [-0.2, 0) is 9.47 Å². The van der Waals surface area contributed by atoms with Crippen LogP contribution >= 0.6 is 0 Å². The van der Waals surface area contributed by atoms with E-state index in [-0.39, 0.29) is 5.75 Å². The van der Waals surface area contributed by atoms with Crippen molar-refractivity contribution < 1.29 is 14.6 Å². The van der Waals surface area contributed by atoms with Crippen molar-refractivity contribution in [2.24, 2.45) is 0 Å². The van der Waals surface area contributed by atoms with Crippen LogP contribution in [0.5, 0.6) is 5.75 Å². The molecule has 0 amide bonds. The van der Waals surface area contributed by atoms with Crippen LogP contribution < -0.4 is 0 Å². The molecule has 0 spiro atoms. The third-order valence-electron chi connectivity index (χ3n) is 1.66. The maximum Gasteiger partial charge on any atom is 0.204 e. The first-order valence-corrected chi connectivity index (χ1v) is 3.75. The summed E-state index contributed by atoms with van der Waals surface area (Å²) in [6, 6.07) is 3.22. The minimum Gasteiger partial charge on any atom is -0.506 e. The average molecular weight is 167 g/mol. The number of hydrogen-bond donors (Lipinski definition) is 1. The number of ether oxygens (including phenoxy) is 2. The van der Waals surface area contributed by atoms with E-state index in [1.165, 1.54) is 0 Å². The molecule has 1 aromatic rings. The van der Waals surface area contributed by atoms with Gasteiger partial charge in [0.2, 0.25) is 6.29 Å². The van der Waals surface area contributed by atoms with Crippen molar-refractivity contribution in [2.75, 3.05) is 13.2 Å². The van der Waals surface area contributed by atoms with Crippen LogP contribution in [0.1, 0.15) is 12.0 Å². The Bertz CT molecular complexity index is 271. The van der Waals surface area contributed by atoms with Crippen molar-refractivity contribution in [3.63, 3.8) is 0 Å². The third kappa shape index (κ3) is 1.26. The van der Waals surface area contributed by atoms with Crippen LogP contribution in [0.2, 0.25) is 0 Å². The lowest BCUT2D eigenvalue weighted by atomic mass is 10.3. The minimum atomic E-state index is -0.494. The van der Waals surface area contributed by atoms with Crippen molar-refractivity contribution in [1.82, 2.24) is 4.98 Å². The van der Waals surface area contributed by atoms with E-state index in [1.807, 2.05) is 0 Å². The summed E-state index contributed by atoms with van der Waals surface area (Å²) < 4.78 is 10.4. The van der Waals surface area contributed by atoms with Crippen molar-refractivity contribution in [1.29, 1.82) is 0 Å². The maximum atomic E-state index is 9.35. The van der Waals surface area contributed by atoms with E-state index in [4.69, 9.17) is 9.47 Å². The molecule has 4 nitrogen and oxygen atoms in total. The first kappa shape index (κ1) is 7.52. The van der Waals surface area contributed by atoms with Crippen LogP contribution in [0.3, 0.4) is 0 Å². The molecular weight excluding hydrogens is 158 g/mol. The Morgan fingerprint density at radius 1 is 1.42 bits per heavy atom. The molecule has 64 valence electrons. The summed E-state index contributed by atoms with van der Waals surface area (Å²) in [7, 11) is 0. The van der Waals surface area contributed by atoms with E-state index >= 15 is 0 Å². The van der Waals surface area contributed by atoms with E-state index in [1.54, 1.807) is 18.3 Å². The number of aromatic nitrogens is 1. The summed E-state index contributed by atoms with van der Waals surface area (Å²) in [6.07, 6.45) is 1.10. The first-order valence-electron chi connectivity index (χ1n) is 3.75. The molecule has 0 aliphatic carbocycles. The summed E-state index contributed by atoms with van der Waals surface area (Å²) >= 11 is 0. The van der Waals surface area contributed by atoms with Gasteiger partial charge in [-0.25, -0.2) is 0 Å². The molecule has 1 fully saturated rings. The lowest BCUT2D eigenvalue weighted by Gasteiger charge is -2.08. The van der Waals surface area contributed by atoms with Crippen molar-refractivity contribution >= 4 is 0 Å². The smallest absolute Gasteiger partial charge is 0.204 e. The summed E-state index contributed by atoms with van der Waals surface area (Å²) in [6.45, 7) is 1.11. The van der Waals surface area contributed by atoms with Crippen LogP contribution in [0.25, 0.3) is 0 Å². The largest absolute Gasteiger partial charge is 0.506 e. The lowest BCUT2D eigenvalue weighted by Crippen LogP contribution is -2.00. The van der Waals surface area contributed by atoms with Gasteiger partial charge in [0.25, 0.3) is 0 Å². The van der Waals surface area contributed by atoms with Gasteiger partial charge in [-0.1, -0.05) is 0 Å². The van der Waals surface area contributed by atoms with Crippen LogP contribution in [0.15, 0.2) is 18.3 Å². The van der Waals surface area contributed by atoms with Gasteiger partial charge in [-0.2, -0.15) is 0 Å². The van der Waals surface area contributed by atoms with Crippen molar-refractivity contribution in [3.8, 4) is 5.75 Å². The molecule has 12 heavy (non-hydrogen) atoms. The Labute approximate surface area is 69.8 Å².